The van der Waals surface area contributed by atoms with Crippen LogP contribution in [0, 0.1) is 5.92 Å². The van der Waals surface area contributed by atoms with Crippen molar-refractivity contribution in [3.63, 3.8) is 0 Å². The Bertz CT molecular complexity index is 195. The third kappa shape index (κ3) is 4.43. The molecule has 1 atom stereocenters. The summed E-state index contributed by atoms with van der Waals surface area (Å²) in [6.45, 7) is -0.944. The molecule has 0 aliphatic rings. The van der Waals surface area contributed by atoms with Crippen LogP contribution >= 0.6 is 0 Å². The molecular formula is C7H12F3NO3. The van der Waals surface area contributed by atoms with Crippen LogP contribution < -0.4 is 0 Å². The lowest BCUT2D eigenvalue weighted by atomic mass is 10.1. The highest BCUT2D eigenvalue weighted by Crippen LogP contribution is 2.26. The number of carboxylic acids is 1. The van der Waals surface area contributed by atoms with Gasteiger partial charge in [-0.1, -0.05) is 0 Å². The van der Waals surface area contributed by atoms with Crippen molar-refractivity contribution in [3.05, 3.63) is 0 Å². The first-order valence-corrected chi connectivity index (χ1v) is 3.88. The summed E-state index contributed by atoms with van der Waals surface area (Å²) in [5.41, 5.74) is 0. The quantitative estimate of drug-likeness (QED) is 0.686. The van der Waals surface area contributed by atoms with Crippen LogP contribution in [0.3, 0.4) is 0 Å². The Hall–Kier alpha value is -0.820. The van der Waals surface area contributed by atoms with Crippen LogP contribution in [0.4, 0.5) is 13.2 Å². The van der Waals surface area contributed by atoms with Gasteiger partial charge in [0.2, 0.25) is 0 Å². The third-order valence-corrected chi connectivity index (χ3v) is 1.67. The number of halogens is 3. The second-order valence-electron chi connectivity index (χ2n) is 2.92. The van der Waals surface area contributed by atoms with Crippen LogP contribution in [0.15, 0.2) is 0 Å². The molecule has 7 heteroatoms. The smallest absolute Gasteiger partial charge is 0.403 e. The fraction of sp³-hybridized carbons (Fsp3) is 0.857. The van der Waals surface area contributed by atoms with Crippen LogP contribution in [-0.2, 0) is 4.79 Å². The van der Waals surface area contributed by atoms with Crippen molar-refractivity contribution in [3.8, 4) is 0 Å². The largest absolute Gasteiger partial charge is 0.481 e. The number of alkyl halides is 3. The molecule has 0 saturated heterocycles. The summed E-state index contributed by atoms with van der Waals surface area (Å²) < 4.78 is 36.3. The monoisotopic (exact) mass is 215 g/mol. The summed E-state index contributed by atoms with van der Waals surface area (Å²) in [4.78, 5) is 11.4. The van der Waals surface area contributed by atoms with Gasteiger partial charge in [0.05, 0.1) is 6.61 Å². The van der Waals surface area contributed by atoms with Gasteiger partial charge in [-0.05, 0) is 7.05 Å². The SMILES string of the molecule is CN(CCO)CC(C(=O)O)C(F)(F)F. The summed E-state index contributed by atoms with van der Waals surface area (Å²) in [7, 11) is 1.32. The van der Waals surface area contributed by atoms with E-state index in [9.17, 15) is 18.0 Å². The summed E-state index contributed by atoms with van der Waals surface area (Å²) in [6.07, 6.45) is -4.75. The van der Waals surface area contributed by atoms with Gasteiger partial charge in [-0.25, -0.2) is 0 Å². The van der Waals surface area contributed by atoms with E-state index in [0.29, 0.717) is 0 Å². The van der Waals surface area contributed by atoms with Gasteiger partial charge in [-0.3, -0.25) is 4.79 Å². The van der Waals surface area contributed by atoms with Crippen molar-refractivity contribution in [2.45, 2.75) is 6.18 Å². The molecule has 2 N–H and O–H groups in total. The molecule has 0 aromatic heterocycles. The van der Waals surface area contributed by atoms with E-state index in [1.54, 1.807) is 0 Å². The standard InChI is InChI=1S/C7H12F3NO3/c1-11(2-3-12)4-5(6(13)14)7(8,9)10/h5,12H,2-4H2,1H3,(H,13,14). The highest BCUT2D eigenvalue weighted by molar-refractivity contribution is 5.71. The molecule has 0 aromatic carbocycles. The molecule has 0 radical (unpaired) electrons. The first-order valence-electron chi connectivity index (χ1n) is 3.88. The minimum Gasteiger partial charge on any atom is -0.481 e. The normalized spacial score (nSPS) is 14.4. The van der Waals surface area contributed by atoms with Gasteiger partial charge in [-0.15, -0.1) is 0 Å². The Kier molecular flexibility index (Phi) is 4.86. The number of hydrogen-bond acceptors (Lipinski definition) is 3. The maximum absolute atomic E-state index is 12.1. The predicted octanol–water partition coefficient (Wildman–Crippen LogP) is 0.174. The van der Waals surface area contributed by atoms with Crippen molar-refractivity contribution < 1.29 is 28.2 Å². The molecular weight excluding hydrogens is 203 g/mol. The molecule has 1 unspecified atom stereocenters. The number of carboxylic acid groups (broad SMARTS) is 1. The predicted molar refractivity (Wildman–Crippen MR) is 41.8 cm³/mol. The van der Waals surface area contributed by atoms with Crippen molar-refractivity contribution in [1.29, 1.82) is 0 Å². The van der Waals surface area contributed by atoms with Gasteiger partial charge < -0.3 is 15.1 Å². The molecule has 0 heterocycles. The third-order valence-electron chi connectivity index (χ3n) is 1.67. The fourth-order valence-corrected chi connectivity index (χ4v) is 0.895. The molecule has 0 aliphatic heterocycles. The highest BCUT2D eigenvalue weighted by Gasteiger charge is 2.45. The highest BCUT2D eigenvalue weighted by atomic mass is 19.4. The van der Waals surface area contributed by atoms with Crippen LogP contribution in [-0.4, -0.2) is 54.0 Å². The summed E-state index contributed by atoms with van der Waals surface area (Å²) in [5, 5.41) is 16.7. The maximum Gasteiger partial charge on any atom is 0.403 e. The summed E-state index contributed by atoms with van der Waals surface area (Å²) >= 11 is 0. The van der Waals surface area contributed by atoms with E-state index >= 15 is 0 Å². The molecule has 0 spiro atoms. The molecule has 0 aliphatic carbocycles. The molecule has 14 heavy (non-hydrogen) atoms. The average Bonchev–Trinajstić information content (AvgIpc) is 1.98. The molecule has 84 valence electrons. The van der Waals surface area contributed by atoms with Crippen molar-refractivity contribution >= 4 is 5.97 Å². The van der Waals surface area contributed by atoms with Gasteiger partial charge in [-0.2, -0.15) is 13.2 Å². The minimum atomic E-state index is -4.75. The topological polar surface area (TPSA) is 60.8 Å². The number of aliphatic hydroxyl groups is 1. The number of likely N-dealkylation sites (N-methyl/N-ethyl adjacent to an activating group) is 1. The fourth-order valence-electron chi connectivity index (χ4n) is 0.895. The number of nitrogens with zero attached hydrogens (tertiary/aromatic N) is 1. The van der Waals surface area contributed by atoms with E-state index < -0.39 is 24.6 Å². The summed E-state index contributed by atoms with van der Waals surface area (Å²) in [6, 6.07) is 0. The van der Waals surface area contributed by atoms with E-state index in [1.807, 2.05) is 0 Å². The molecule has 0 aromatic rings. The van der Waals surface area contributed by atoms with Crippen LogP contribution in [0.5, 0.6) is 0 Å². The van der Waals surface area contributed by atoms with Crippen LogP contribution in [0.1, 0.15) is 0 Å². The number of carbonyl (C=O) groups is 1. The van der Waals surface area contributed by atoms with Crippen molar-refractivity contribution in [2.24, 2.45) is 5.92 Å². The van der Waals surface area contributed by atoms with Crippen molar-refractivity contribution in [1.82, 2.24) is 4.90 Å². The van der Waals surface area contributed by atoms with Gasteiger partial charge in [0.15, 0.2) is 5.92 Å². The second-order valence-corrected chi connectivity index (χ2v) is 2.92. The van der Waals surface area contributed by atoms with E-state index in [-0.39, 0.29) is 13.2 Å². The lowest BCUT2D eigenvalue weighted by molar-refractivity contribution is -0.196. The zero-order valence-electron chi connectivity index (χ0n) is 7.58. The van der Waals surface area contributed by atoms with Gasteiger partial charge >= 0.3 is 12.1 Å². The Morgan fingerprint density at radius 1 is 1.50 bits per heavy atom. The van der Waals surface area contributed by atoms with E-state index in [1.165, 1.54) is 7.05 Å². The van der Waals surface area contributed by atoms with E-state index in [2.05, 4.69) is 0 Å². The molecule has 0 saturated carbocycles. The van der Waals surface area contributed by atoms with Gasteiger partial charge in [0.25, 0.3) is 0 Å². The van der Waals surface area contributed by atoms with Crippen LogP contribution in [0.25, 0.3) is 0 Å². The zero-order valence-corrected chi connectivity index (χ0v) is 7.58. The summed E-state index contributed by atoms with van der Waals surface area (Å²) in [5.74, 6) is -4.30. The number of aliphatic hydroxyl groups excluding tert-OH is 1. The lowest BCUT2D eigenvalue weighted by Crippen LogP contribution is -2.40. The molecule has 0 bridgehead atoms. The molecule has 0 fully saturated rings. The number of rotatable bonds is 5. The minimum absolute atomic E-state index is 0.0137. The Labute approximate surface area is 78.9 Å². The first kappa shape index (κ1) is 13.2. The Balaban J connectivity index is 4.32. The van der Waals surface area contributed by atoms with Gasteiger partial charge in [0.1, 0.15) is 0 Å². The zero-order chi connectivity index (χ0) is 11.4. The van der Waals surface area contributed by atoms with Crippen LogP contribution in [0.2, 0.25) is 0 Å². The Morgan fingerprint density at radius 3 is 2.29 bits per heavy atom. The first-order chi connectivity index (χ1) is 6.29. The van der Waals surface area contributed by atoms with E-state index in [0.717, 1.165) is 4.90 Å². The lowest BCUT2D eigenvalue weighted by Gasteiger charge is -2.22. The van der Waals surface area contributed by atoms with Gasteiger partial charge in [0, 0.05) is 13.1 Å². The van der Waals surface area contributed by atoms with Crippen molar-refractivity contribution in [2.75, 3.05) is 26.7 Å². The number of hydrogen-bond donors (Lipinski definition) is 2. The molecule has 0 rings (SSSR count). The van der Waals surface area contributed by atoms with E-state index in [4.69, 9.17) is 10.2 Å². The number of aliphatic carboxylic acids is 1. The molecule has 0 amide bonds. The Morgan fingerprint density at radius 2 is 2.00 bits per heavy atom. The average molecular weight is 215 g/mol. The maximum atomic E-state index is 12.1. The second kappa shape index (κ2) is 5.16. The molecule has 4 nitrogen and oxygen atoms in total.